The van der Waals surface area contributed by atoms with Gasteiger partial charge in [0, 0.05) is 0 Å². The van der Waals surface area contributed by atoms with E-state index in [-0.39, 0.29) is 77.2 Å². The van der Waals surface area contributed by atoms with E-state index in [0.717, 1.165) is 0 Å². The van der Waals surface area contributed by atoms with Gasteiger partial charge in [-0.3, -0.25) is 0 Å². The fourth-order valence-electron chi connectivity index (χ4n) is 0.172. The van der Waals surface area contributed by atoms with E-state index in [1.54, 1.807) is 0 Å². The van der Waals surface area contributed by atoms with Crippen molar-refractivity contribution in [2.75, 3.05) is 0 Å². The summed E-state index contributed by atoms with van der Waals surface area (Å²) in [6, 6.07) is 0. The van der Waals surface area contributed by atoms with Crippen LogP contribution in [0.5, 0.6) is 0 Å². The zero-order chi connectivity index (χ0) is 16.5. The molecule has 0 bridgehead atoms. The third kappa shape index (κ3) is 104. The van der Waals surface area contributed by atoms with Gasteiger partial charge >= 0.3 is 249 Å². The van der Waals surface area contributed by atoms with Crippen molar-refractivity contribution in [1.29, 1.82) is 0 Å². The SMILES string of the molecule is P[C-]=C[CH]=[Bi].P[C-]=C[CH]=[Bi].P[C-]=C[CH]=[Bi].P[C-]=C[CH]=[Bi].[Cl-].[Cl-].[Zr+2].[Zr+2]. The van der Waals surface area contributed by atoms with Crippen molar-refractivity contribution < 1.29 is 77.2 Å². The molecule has 12 heteroatoms. The minimum absolute atomic E-state index is 0. The van der Waals surface area contributed by atoms with E-state index in [9.17, 15) is 0 Å². The number of halogens is 2. The molecule has 0 aromatic carbocycles. The second-order valence-electron chi connectivity index (χ2n) is 1.93. The van der Waals surface area contributed by atoms with Gasteiger partial charge in [0.2, 0.25) is 0 Å². The quantitative estimate of drug-likeness (QED) is 0.150. The Balaban J connectivity index is -0.0000000225. The third-order valence-corrected chi connectivity index (χ3v) is 3.77. The average Bonchev–Trinajstić information content (AvgIpc) is 2.44. The molecule has 0 aromatic rings. The minimum Gasteiger partial charge on any atom is -1.00 e. The van der Waals surface area contributed by atoms with Crippen LogP contribution >= 0.6 is 37.0 Å². The van der Waals surface area contributed by atoms with Crippen LogP contribution < -0.4 is 24.8 Å². The van der Waals surface area contributed by atoms with Crippen molar-refractivity contribution in [3.8, 4) is 0 Å². The Bertz CT molecular complexity index is 279. The molecule has 0 amide bonds. The Kier molecular flexibility index (Phi) is 152. The predicted molar refractivity (Wildman–Crippen MR) is 117 cm³/mol. The maximum absolute atomic E-state index is 2.78. The number of hydrogen-bond acceptors (Lipinski definition) is 0. The van der Waals surface area contributed by atoms with Gasteiger partial charge in [-0.05, 0) is 0 Å². The monoisotopic (exact) mass is 1370 g/mol. The molecule has 0 aliphatic heterocycles. The Morgan fingerprint density at radius 2 is 0.583 bits per heavy atom. The van der Waals surface area contributed by atoms with E-state index < -0.39 is 0 Å². The van der Waals surface area contributed by atoms with E-state index in [2.05, 4.69) is 60.2 Å². The molecule has 0 rings (SSSR count). The first-order valence-corrected chi connectivity index (χ1v) is 15.0. The van der Waals surface area contributed by atoms with Gasteiger partial charge in [-0.1, -0.05) is 0 Å². The van der Waals surface area contributed by atoms with E-state index in [1.807, 2.05) is 39.1 Å². The molecular weight excluding hydrogens is 1360 g/mol. The molecule has 128 valence electrons. The first kappa shape index (κ1) is 52.2. The zero-order valence-electron chi connectivity index (χ0n) is 12.5. The van der Waals surface area contributed by atoms with Crippen LogP contribution in [0.1, 0.15) is 0 Å². The summed E-state index contributed by atoms with van der Waals surface area (Å²) >= 11 is 5.22. The van der Waals surface area contributed by atoms with Crippen LogP contribution in [-0.2, 0) is 52.4 Å². The van der Waals surface area contributed by atoms with Gasteiger partial charge in [0.25, 0.3) is 0 Å². The van der Waals surface area contributed by atoms with E-state index in [0.29, 0.717) is 0 Å². The normalized spacial score (nSPS) is 7.50. The largest absolute Gasteiger partial charge is 2.00 e. The summed E-state index contributed by atoms with van der Waals surface area (Å²) in [4.78, 5) is 0. The van der Waals surface area contributed by atoms with E-state index in [1.165, 1.54) is 96.9 Å². The summed E-state index contributed by atoms with van der Waals surface area (Å²) in [6.45, 7) is 0. The fraction of sp³-hybridized carbons (Fsp3) is 0. The van der Waals surface area contributed by atoms with Crippen molar-refractivity contribution in [2.45, 2.75) is 0 Å². The van der Waals surface area contributed by atoms with Crippen LogP contribution in [0, 0.1) is 23.3 Å². The molecular formula is C12H16Bi4Cl2P4Zr2-2. The van der Waals surface area contributed by atoms with Gasteiger partial charge in [0.05, 0.1) is 0 Å². The second kappa shape index (κ2) is 70.2. The first-order valence-electron chi connectivity index (χ1n) is 4.68. The minimum atomic E-state index is 0. The van der Waals surface area contributed by atoms with Gasteiger partial charge in [-0.15, -0.1) is 0 Å². The fourth-order valence-corrected chi connectivity index (χ4v) is 4.53. The zero-order valence-corrected chi connectivity index (χ0v) is 37.4. The average molecular weight is 1370 g/mol. The first-order chi connectivity index (χ1) is 9.66. The topological polar surface area (TPSA) is 0 Å². The number of hydrogen-bond donors (Lipinski definition) is 0. The van der Waals surface area contributed by atoms with Crippen LogP contribution in [0.2, 0.25) is 0 Å². The molecule has 0 spiro atoms. The molecule has 4 unspecified atom stereocenters. The Labute approximate surface area is 267 Å². The van der Waals surface area contributed by atoms with Gasteiger partial charge in [0.1, 0.15) is 0 Å². The van der Waals surface area contributed by atoms with Crippen molar-refractivity contribution in [2.24, 2.45) is 0 Å². The molecule has 0 fully saturated rings. The third-order valence-electron chi connectivity index (χ3n) is 0.683. The predicted octanol–water partition coefficient (Wildman–Crippen LogP) is -5.40. The summed E-state index contributed by atoms with van der Waals surface area (Å²) in [6.07, 6.45) is 7.55. The standard InChI is InChI=1S/4C3H4P.4Bi.2ClH.2Zr/c4*1-2-3-4;;;;;;;;/h4*1-2H,4H2;;;;;2*1H;;/q4*-1;;;;;;;2*+2/p-2. The molecule has 0 saturated heterocycles. The van der Waals surface area contributed by atoms with Crippen LogP contribution in [0.25, 0.3) is 0 Å². The van der Waals surface area contributed by atoms with Crippen LogP contribution in [0.15, 0.2) is 24.3 Å². The Morgan fingerprint density at radius 1 is 0.458 bits per heavy atom. The second-order valence-corrected chi connectivity index (χ2v) is 7.90. The summed E-state index contributed by atoms with van der Waals surface area (Å²) < 4.78 is 8.14. The number of rotatable bonds is 4. The van der Waals surface area contributed by atoms with Gasteiger partial charge in [0.15, 0.2) is 0 Å². The smallest absolute Gasteiger partial charge is 1.00 e. The molecule has 0 saturated carbocycles. The Morgan fingerprint density at radius 3 is 0.583 bits per heavy atom. The molecule has 24 heavy (non-hydrogen) atoms. The maximum atomic E-state index is 2.78. The molecule has 0 heterocycles. The summed E-state index contributed by atoms with van der Waals surface area (Å²) in [5, 5.41) is 0. The molecule has 0 nitrogen and oxygen atoms in total. The molecule has 0 aromatic heterocycles. The van der Waals surface area contributed by atoms with Crippen LogP contribution in [-0.4, -0.2) is 112 Å². The van der Waals surface area contributed by atoms with Crippen molar-refractivity contribution in [3.05, 3.63) is 47.6 Å². The van der Waals surface area contributed by atoms with E-state index >= 15 is 0 Å². The molecule has 4 radical (unpaired) electrons. The summed E-state index contributed by atoms with van der Waals surface area (Å²) in [5.74, 6) is 11.1. The van der Waals surface area contributed by atoms with Crippen LogP contribution in [0.4, 0.5) is 0 Å². The van der Waals surface area contributed by atoms with Crippen molar-refractivity contribution in [3.63, 3.8) is 0 Å². The maximum Gasteiger partial charge on any atom is 2.00 e. The summed E-state index contributed by atoms with van der Waals surface area (Å²) in [5.41, 5.74) is 0. The molecule has 4 atom stereocenters. The number of allylic oxidation sites excluding steroid dienone is 4. The summed E-state index contributed by atoms with van der Waals surface area (Å²) in [7, 11) is 9.52. The van der Waals surface area contributed by atoms with Crippen molar-refractivity contribution in [1.82, 2.24) is 0 Å². The van der Waals surface area contributed by atoms with Gasteiger partial charge < -0.3 is 24.8 Å². The molecule has 0 aliphatic rings. The molecule has 0 aliphatic carbocycles. The van der Waals surface area contributed by atoms with Gasteiger partial charge in [-0.2, -0.15) is 0 Å². The Hall–Kier alpha value is 6.04. The van der Waals surface area contributed by atoms with E-state index in [4.69, 9.17) is 0 Å². The van der Waals surface area contributed by atoms with Crippen LogP contribution in [0.3, 0.4) is 0 Å². The van der Waals surface area contributed by atoms with Gasteiger partial charge in [-0.25, -0.2) is 0 Å². The molecule has 0 N–H and O–H groups in total. The van der Waals surface area contributed by atoms with Crippen molar-refractivity contribution >= 4 is 149 Å².